The number of benzene rings is 2. The lowest BCUT2D eigenvalue weighted by atomic mass is 10.1. The van der Waals surface area contributed by atoms with Crippen molar-refractivity contribution in [3.8, 4) is 0 Å². The van der Waals surface area contributed by atoms with Gasteiger partial charge in [-0.15, -0.1) is 0 Å². The second kappa shape index (κ2) is 8.39. The van der Waals surface area contributed by atoms with Crippen LogP contribution in [0.1, 0.15) is 17.0 Å². The first kappa shape index (κ1) is 19.2. The minimum atomic E-state index is -0.328. The first-order valence-corrected chi connectivity index (χ1v) is 8.94. The van der Waals surface area contributed by atoms with Gasteiger partial charge in [0.05, 0.1) is 12.1 Å². The van der Waals surface area contributed by atoms with E-state index in [2.05, 4.69) is 21.0 Å². The molecule has 0 aliphatic carbocycles. The monoisotopic (exact) mass is 377 g/mol. The summed E-state index contributed by atoms with van der Waals surface area (Å²) in [6.07, 6.45) is 0.269. The quantitative estimate of drug-likeness (QED) is 0.631. The van der Waals surface area contributed by atoms with Crippen molar-refractivity contribution in [2.24, 2.45) is 7.05 Å². The fraction of sp³-hybridized carbons (Fsp3) is 0.190. The number of anilines is 3. The summed E-state index contributed by atoms with van der Waals surface area (Å²) in [7, 11) is 1.86. The van der Waals surface area contributed by atoms with Crippen LogP contribution in [-0.2, 0) is 18.3 Å². The number of amides is 3. The third kappa shape index (κ3) is 4.76. The van der Waals surface area contributed by atoms with Crippen LogP contribution < -0.4 is 16.0 Å². The zero-order chi connectivity index (χ0) is 20.1. The average molecular weight is 377 g/mol. The molecule has 3 aromatic rings. The zero-order valence-electron chi connectivity index (χ0n) is 16.1. The predicted molar refractivity (Wildman–Crippen MR) is 111 cm³/mol. The molecule has 144 valence electrons. The molecule has 0 saturated carbocycles. The Morgan fingerprint density at radius 3 is 1.93 bits per heavy atom. The standard InChI is InChI=1S/C21H23N5O2/c1-14-19(15(2)26(3)25-14)13-20(27)22-17-9-11-18(12-10-17)24-21(28)23-16-7-5-4-6-8-16/h4-12H,13H2,1-3H3,(H,22,27)(H2,23,24,28). The molecule has 7 nitrogen and oxygen atoms in total. The Bertz CT molecular complexity index is 978. The van der Waals surface area contributed by atoms with Gasteiger partial charge in [0, 0.05) is 35.4 Å². The predicted octanol–water partition coefficient (Wildman–Crippen LogP) is 3.86. The van der Waals surface area contributed by atoms with Crippen molar-refractivity contribution < 1.29 is 9.59 Å². The molecule has 3 N–H and O–H groups in total. The van der Waals surface area contributed by atoms with E-state index in [1.807, 2.05) is 51.2 Å². The summed E-state index contributed by atoms with van der Waals surface area (Å²) in [4.78, 5) is 24.3. The molecule has 1 aromatic heterocycles. The molecule has 0 aliphatic rings. The molecule has 0 atom stereocenters. The summed E-state index contributed by atoms with van der Waals surface area (Å²) in [6.45, 7) is 3.85. The average Bonchev–Trinajstić information content (AvgIpc) is 2.90. The minimum absolute atomic E-state index is 0.110. The van der Waals surface area contributed by atoms with Crippen molar-refractivity contribution in [3.05, 3.63) is 71.5 Å². The van der Waals surface area contributed by atoms with Gasteiger partial charge in [-0.25, -0.2) is 4.79 Å². The normalized spacial score (nSPS) is 10.4. The highest BCUT2D eigenvalue weighted by Crippen LogP contribution is 2.17. The number of rotatable bonds is 5. The van der Waals surface area contributed by atoms with Crippen LogP contribution in [0, 0.1) is 13.8 Å². The van der Waals surface area contributed by atoms with Gasteiger partial charge in [-0.05, 0) is 50.2 Å². The van der Waals surface area contributed by atoms with Gasteiger partial charge in [0.25, 0.3) is 0 Å². The largest absolute Gasteiger partial charge is 0.326 e. The van der Waals surface area contributed by atoms with E-state index in [-0.39, 0.29) is 18.4 Å². The van der Waals surface area contributed by atoms with Crippen LogP contribution in [0.3, 0.4) is 0 Å². The van der Waals surface area contributed by atoms with Gasteiger partial charge in [-0.2, -0.15) is 5.10 Å². The molecular formula is C21H23N5O2. The van der Waals surface area contributed by atoms with Crippen molar-refractivity contribution in [3.63, 3.8) is 0 Å². The Morgan fingerprint density at radius 2 is 1.39 bits per heavy atom. The molecule has 0 bridgehead atoms. The topological polar surface area (TPSA) is 88.1 Å². The summed E-state index contributed by atoms with van der Waals surface area (Å²) in [5.41, 5.74) is 4.79. The Morgan fingerprint density at radius 1 is 0.857 bits per heavy atom. The van der Waals surface area contributed by atoms with Crippen molar-refractivity contribution >= 4 is 29.0 Å². The SMILES string of the molecule is Cc1nn(C)c(C)c1CC(=O)Nc1ccc(NC(=O)Nc2ccccc2)cc1. The smallest absolute Gasteiger partial charge is 0.323 e. The lowest BCUT2D eigenvalue weighted by molar-refractivity contribution is -0.115. The van der Waals surface area contributed by atoms with E-state index in [9.17, 15) is 9.59 Å². The summed E-state index contributed by atoms with van der Waals surface area (Å²) < 4.78 is 1.78. The van der Waals surface area contributed by atoms with E-state index >= 15 is 0 Å². The molecule has 3 amide bonds. The van der Waals surface area contributed by atoms with Gasteiger partial charge < -0.3 is 16.0 Å². The lowest BCUT2D eigenvalue weighted by Gasteiger charge is -2.09. The van der Waals surface area contributed by atoms with Gasteiger partial charge in [-0.1, -0.05) is 18.2 Å². The van der Waals surface area contributed by atoms with Crippen LogP contribution in [0.15, 0.2) is 54.6 Å². The maximum atomic E-state index is 12.3. The van der Waals surface area contributed by atoms with Crippen molar-refractivity contribution in [2.45, 2.75) is 20.3 Å². The fourth-order valence-corrected chi connectivity index (χ4v) is 2.89. The number of aryl methyl sites for hydroxylation is 2. The molecule has 28 heavy (non-hydrogen) atoms. The highest BCUT2D eigenvalue weighted by atomic mass is 16.2. The Labute approximate surface area is 163 Å². The van der Waals surface area contributed by atoms with E-state index < -0.39 is 0 Å². The molecular weight excluding hydrogens is 354 g/mol. The third-order valence-corrected chi connectivity index (χ3v) is 4.45. The fourth-order valence-electron chi connectivity index (χ4n) is 2.89. The first-order valence-electron chi connectivity index (χ1n) is 8.94. The molecule has 0 saturated heterocycles. The van der Waals surface area contributed by atoms with Crippen molar-refractivity contribution in [1.82, 2.24) is 9.78 Å². The highest BCUT2D eigenvalue weighted by molar-refractivity contribution is 6.00. The number of hydrogen-bond donors (Lipinski definition) is 3. The number of para-hydroxylation sites is 1. The summed E-state index contributed by atoms with van der Waals surface area (Å²) >= 11 is 0. The van der Waals surface area contributed by atoms with Gasteiger partial charge in [0.2, 0.25) is 5.91 Å². The van der Waals surface area contributed by atoms with Gasteiger partial charge >= 0.3 is 6.03 Å². The summed E-state index contributed by atoms with van der Waals surface area (Å²) in [5.74, 6) is -0.110. The number of hydrogen-bond acceptors (Lipinski definition) is 3. The second-order valence-corrected chi connectivity index (χ2v) is 6.52. The van der Waals surface area contributed by atoms with Crippen LogP contribution in [0.4, 0.5) is 21.9 Å². The molecule has 2 aromatic carbocycles. The van der Waals surface area contributed by atoms with E-state index in [0.29, 0.717) is 17.1 Å². The molecule has 0 unspecified atom stereocenters. The van der Waals surface area contributed by atoms with Crippen LogP contribution >= 0.6 is 0 Å². The van der Waals surface area contributed by atoms with E-state index in [1.54, 1.807) is 28.9 Å². The maximum absolute atomic E-state index is 12.3. The molecule has 0 spiro atoms. The maximum Gasteiger partial charge on any atom is 0.323 e. The number of aromatic nitrogens is 2. The van der Waals surface area contributed by atoms with Crippen LogP contribution in [0.5, 0.6) is 0 Å². The van der Waals surface area contributed by atoms with Gasteiger partial charge in [0.15, 0.2) is 0 Å². The molecule has 0 fully saturated rings. The van der Waals surface area contributed by atoms with E-state index in [4.69, 9.17) is 0 Å². The minimum Gasteiger partial charge on any atom is -0.326 e. The van der Waals surface area contributed by atoms with Crippen molar-refractivity contribution in [2.75, 3.05) is 16.0 Å². The highest BCUT2D eigenvalue weighted by Gasteiger charge is 2.13. The number of nitrogens with one attached hydrogen (secondary N) is 3. The number of carbonyl (C=O) groups is 2. The summed E-state index contributed by atoms with van der Waals surface area (Å²) in [6, 6.07) is 15.8. The lowest BCUT2D eigenvalue weighted by Crippen LogP contribution is -2.19. The number of carbonyl (C=O) groups excluding carboxylic acids is 2. The number of nitrogens with zero attached hydrogens (tertiary/aromatic N) is 2. The van der Waals surface area contributed by atoms with Crippen LogP contribution in [0.2, 0.25) is 0 Å². The van der Waals surface area contributed by atoms with Gasteiger partial charge in [-0.3, -0.25) is 9.48 Å². The first-order chi connectivity index (χ1) is 13.4. The Hall–Kier alpha value is -3.61. The molecule has 0 radical (unpaired) electrons. The van der Waals surface area contributed by atoms with E-state index in [0.717, 1.165) is 17.0 Å². The van der Waals surface area contributed by atoms with Crippen LogP contribution in [-0.4, -0.2) is 21.7 Å². The number of urea groups is 1. The molecule has 1 heterocycles. The zero-order valence-corrected chi connectivity index (χ0v) is 16.1. The van der Waals surface area contributed by atoms with Crippen molar-refractivity contribution in [1.29, 1.82) is 0 Å². The van der Waals surface area contributed by atoms with Gasteiger partial charge in [0.1, 0.15) is 0 Å². The van der Waals surface area contributed by atoms with Crippen LogP contribution in [0.25, 0.3) is 0 Å². The third-order valence-electron chi connectivity index (χ3n) is 4.45. The second-order valence-electron chi connectivity index (χ2n) is 6.52. The molecule has 3 rings (SSSR count). The molecule has 0 aliphatic heterocycles. The Kier molecular flexibility index (Phi) is 5.74. The van der Waals surface area contributed by atoms with E-state index in [1.165, 1.54) is 0 Å². The summed E-state index contributed by atoms with van der Waals surface area (Å²) in [5, 5.41) is 12.7. The molecule has 7 heteroatoms. The Balaban J connectivity index is 1.55.